The number of hydrogen-bond acceptors (Lipinski definition) is 5. The van der Waals surface area contributed by atoms with Gasteiger partial charge in [0.05, 0.1) is 16.5 Å². The van der Waals surface area contributed by atoms with Gasteiger partial charge in [-0.05, 0) is 24.3 Å². The Hall–Kier alpha value is -2.22. The van der Waals surface area contributed by atoms with E-state index in [1.165, 1.54) is 19.2 Å². The molecule has 124 valence electrons. The lowest BCUT2D eigenvalue weighted by atomic mass is 10.2. The third-order valence-electron chi connectivity index (χ3n) is 3.39. The van der Waals surface area contributed by atoms with E-state index in [4.69, 9.17) is 16.1 Å². The average Bonchev–Trinajstić information content (AvgIpc) is 3.04. The second-order valence-corrected chi connectivity index (χ2v) is 7.52. The van der Waals surface area contributed by atoms with Crippen LogP contribution in [0, 0.1) is 0 Å². The van der Waals surface area contributed by atoms with Gasteiger partial charge < -0.3 is 4.52 Å². The molecule has 2 aromatic carbocycles. The Balaban J connectivity index is 1.81. The summed E-state index contributed by atoms with van der Waals surface area (Å²) in [6.07, 6.45) is 0. The van der Waals surface area contributed by atoms with Gasteiger partial charge in [0.2, 0.25) is 21.7 Å². The summed E-state index contributed by atoms with van der Waals surface area (Å²) in [5, 5.41) is 4.36. The first-order chi connectivity index (χ1) is 11.5. The molecule has 0 aliphatic heterocycles. The maximum Gasteiger partial charge on any atom is 0.243 e. The summed E-state index contributed by atoms with van der Waals surface area (Å²) in [6, 6.07) is 15.3. The number of halogens is 1. The fourth-order valence-electron chi connectivity index (χ4n) is 2.12. The summed E-state index contributed by atoms with van der Waals surface area (Å²) in [6.45, 7) is -0.0331. The predicted molar refractivity (Wildman–Crippen MR) is 89.8 cm³/mol. The van der Waals surface area contributed by atoms with Gasteiger partial charge >= 0.3 is 0 Å². The number of rotatable bonds is 5. The number of aromatic nitrogens is 2. The fraction of sp³-hybridized carbons (Fsp3) is 0.125. The highest BCUT2D eigenvalue weighted by Crippen LogP contribution is 2.25. The molecule has 0 unspecified atom stereocenters. The standard InChI is InChI=1S/C16H14ClN3O3S/c1-20(24(21,22)12-7-3-2-4-8-12)11-15-18-16(19-23-15)13-9-5-6-10-14(13)17/h2-10H,11H2,1H3. The first-order valence-corrected chi connectivity index (χ1v) is 8.89. The molecule has 0 radical (unpaired) electrons. The van der Waals surface area contributed by atoms with Crippen molar-refractivity contribution in [2.75, 3.05) is 7.05 Å². The van der Waals surface area contributed by atoms with Crippen LogP contribution in [0.1, 0.15) is 5.89 Å². The van der Waals surface area contributed by atoms with Gasteiger partial charge in [-0.15, -0.1) is 0 Å². The molecule has 8 heteroatoms. The molecule has 0 amide bonds. The monoisotopic (exact) mass is 363 g/mol. The molecule has 0 bridgehead atoms. The second-order valence-electron chi connectivity index (χ2n) is 5.07. The van der Waals surface area contributed by atoms with Gasteiger partial charge in [0, 0.05) is 12.6 Å². The van der Waals surface area contributed by atoms with Crippen molar-refractivity contribution in [3.63, 3.8) is 0 Å². The largest absolute Gasteiger partial charge is 0.338 e. The minimum atomic E-state index is -3.62. The van der Waals surface area contributed by atoms with Crippen molar-refractivity contribution in [3.05, 3.63) is 65.5 Å². The number of nitrogens with zero attached hydrogens (tertiary/aromatic N) is 3. The molecule has 3 rings (SSSR count). The van der Waals surface area contributed by atoms with Gasteiger partial charge in [0.15, 0.2) is 0 Å². The molecule has 0 aliphatic carbocycles. The molecule has 3 aromatic rings. The van der Waals surface area contributed by atoms with Crippen LogP contribution in [-0.2, 0) is 16.6 Å². The molecule has 0 spiro atoms. The van der Waals surface area contributed by atoms with E-state index in [0.717, 1.165) is 4.31 Å². The van der Waals surface area contributed by atoms with Crippen molar-refractivity contribution in [2.45, 2.75) is 11.4 Å². The van der Waals surface area contributed by atoms with E-state index < -0.39 is 10.0 Å². The van der Waals surface area contributed by atoms with Gasteiger partial charge in [-0.2, -0.15) is 9.29 Å². The number of hydrogen-bond donors (Lipinski definition) is 0. The van der Waals surface area contributed by atoms with Gasteiger partial charge in [0.25, 0.3) is 0 Å². The molecule has 0 N–H and O–H groups in total. The van der Waals surface area contributed by atoms with E-state index in [-0.39, 0.29) is 17.3 Å². The highest BCUT2D eigenvalue weighted by Gasteiger charge is 2.23. The molecular formula is C16H14ClN3O3S. The van der Waals surface area contributed by atoms with Crippen LogP contribution in [0.15, 0.2) is 64.0 Å². The van der Waals surface area contributed by atoms with Crippen LogP contribution < -0.4 is 0 Å². The fourth-order valence-corrected chi connectivity index (χ4v) is 3.48. The Morgan fingerprint density at radius 1 is 1.08 bits per heavy atom. The van der Waals surface area contributed by atoms with Crippen molar-refractivity contribution in [2.24, 2.45) is 0 Å². The zero-order valence-corrected chi connectivity index (χ0v) is 14.3. The van der Waals surface area contributed by atoms with Crippen LogP contribution in [0.4, 0.5) is 0 Å². The summed E-state index contributed by atoms with van der Waals surface area (Å²) >= 11 is 6.10. The van der Waals surface area contributed by atoms with E-state index >= 15 is 0 Å². The first kappa shape index (κ1) is 16.6. The quantitative estimate of drug-likeness (QED) is 0.695. The first-order valence-electron chi connectivity index (χ1n) is 7.07. The van der Waals surface area contributed by atoms with Crippen molar-refractivity contribution >= 4 is 21.6 Å². The summed E-state index contributed by atoms with van der Waals surface area (Å²) in [5.74, 6) is 0.507. The summed E-state index contributed by atoms with van der Waals surface area (Å²) < 4.78 is 31.3. The topological polar surface area (TPSA) is 76.3 Å². The smallest absolute Gasteiger partial charge is 0.243 e. The van der Waals surface area contributed by atoms with Crippen LogP contribution in [0.2, 0.25) is 5.02 Å². The summed E-state index contributed by atoms with van der Waals surface area (Å²) in [7, 11) is -2.16. The maximum atomic E-state index is 12.5. The average molecular weight is 364 g/mol. The third-order valence-corrected chi connectivity index (χ3v) is 5.54. The van der Waals surface area contributed by atoms with Crippen LogP contribution in [-0.4, -0.2) is 29.9 Å². The Morgan fingerprint density at radius 2 is 1.75 bits per heavy atom. The zero-order chi connectivity index (χ0) is 17.2. The van der Waals surface area contributed by atoms with Crippen LogP contribution in [0.3, 0.4) is 0 Å². The van der Waals surface area contributed by atoms with Crippen LogP contribution in [0.25, 0.3) is 11.4 Å². The lowest BCUT2D eigenvalue weighted by molar-refractivity contribution is 0.337. The van der Waals surface area contributed by atoms with Gasteiger partial charge in [-0.3, -0.25) is 0 Å². The van der Waals surface area contributed by atoms with Crippen molar-refractivity contribution in [1.82, 2.24) is 14.4 Å². The highest BCUT2D eigenvalue weighted by atomic mass is 35.5. The van der Waals surface area contributed by atoms with Crippen molar-refractivity contribution in [1.29, 1.82) is 0 Å². The number of sulfonamides is 1. The number of benzene rings is 2. The van der Waals surface area contributed by atoms with Crippen LogP contribution in [0.5, 0.6) is 0 Å². The van der Waals surface area contributed by atoms with E-state index in [0.29, 0.717) is 16.4 Å². The Labute approximate surface area is 144 Å². The van der Waals surface area contributed by atoms with Gasteiger partial charge in [-0.1, -0.05) is 47.1 Å². The lowest BCUT2D eigenvalue weighted by Crippen LogP contribution is -2.26. The Kier molecular flexibility index (Phi) is 4.66. The molecule has 0 fully saturated rings. The maximum absolute atomic E-state index is 12.5. The highest BCUT2D eigenvalue weighted by molar-refractivity contribution is 7.89. The van der Waals surface area contributed by atoms with E-state index in [2.05, 4.69) is 10.1 Å². The molecular weight excluding hydrogens is 350 g/mol. The van der Waals surface area contributed by atoms with Gasteiger partial charge in [-0.25, -0.2) is 8.42 Å². The summed E-state index contributed by atoms with van der Waals surface area (Å²) in [4.78, 5) is 4.43. The summed E-state index contributed by atoms with van der Waals surface area (Å²) in [5.41, 5.74) is 0.628. The normalized spacial score (nSPS) is 11.8. The minimum Gasteiger partial charge on any atom is -0.338 e. The second kappa shape index (κ2) is 6.72. The van der Waals surface area contributed by atoms with Gasteiger partial charge in [0.1, 0.15) is 0 Å². The molecule has 0 aliphatic rings. The van der Waals surface area contributed by atoms with Crippen molar-refractivity contribution < 1.29 is 12.9 Å². The lowest BCUT2D eigenvalue weighted by Gasteiger charge is -2.14. The zero-order valence-electron chi connectivity index (χ0n) is 12.8. The Bertz CT molecular complexity index is 942. The SMILES string of the molecule is CN(Cc1nc(-c2ccccc2Cl)no1)S(=O)(=O)c1ccccc1. The molecule has 1 aromatic heterocycles. The van der Waals surface area contributed by atoms with Crippen LogP contribution >= 0.6 is 11.6 Å². The molecule has 6 nitrogen and oxygen atoms in total. The van der Waals surface area contributed by atoms with E-state index in [9.17, 15) is 8.42 Å². The predicted octanol–water partition coefficient (Wildman–Crippen LogP) is 3.21. The van der Waals surface area contributed by atoms with E-state index in [1.54, 1.807) is 36.4 Å². The Morgan fingerprint density at radius 3 is 2.46 bits per heavy atom. The van der Waals surface area contributed by atoms with Crippen molar-refractivity contribution in [3.8, 4) is 11.4 Å². The molecule has 0 saturated heterocycles. The molecule has 24 heavy (non-hydrogen) atoms. The van der Waals surface area contributed by atoms with E-state index in [1.807, 2.05) is 6.07 Å². The molecule has 0 atom stereocenters. The molecule has 0 saturated carbocycles. The minimum absolute atomic E-state index is 0.0331. The molecule has 1 heterocycles. The third kappa shape index (κ3) is 3.33.